The molecule has 0 radical (unpaired) electrons. The van der Waals surface area contributed by atoms with E-state index in [0.717, 1.165) is 30.3 Å². The molecule has 3 rings (SSSR count). The summed E-state index contributed by atoms with van der Waals surface area (Å²) in [6.45, 7) is 3.10. The Hall–Kier alpha value is -1.09. The summed E-state index contributed by atoms with van der Waals surface area (Å²) in [5.74, 6) is 1.76. The van der Waals surface area contributed by atoms with E-state index in [9.17, 15) is 0 Å². The van der Waals surface area contributed by atoms with E-state index in [-0.39, 0.29) is 0 Å². The third-order valence-corrected chi connectivity index (χ3v) is 2.93. The van der Waals surface area contributed by atoms with E-state index in [1.54, 1.807) is 0 Å². The first-order chi connectivity index (χ1) is 6.33. The fraction of sp³-hybridized carbons (Fsp3) is 0.500. The summed E-state index contributed by atoms with van der Waals surface area (Å²) in [6, 6.07) is 2.61. The summed E-state index contributed by atoms with van der Waals surface area (Å²) in [5, 5.41) is 7.27. The third-order valence-electron chi connectivity index (χ3n) is 2.93. The van der Waals surface area contributed by atoms with Crippen molar-refractivity contribution in [1.82, 2.24) is 10.5 Å². The lowest BCUT2D eigenvalue weighted by Gasteiger charge is -2.31. The molecule has 1 aliphatic carbocycles. The molecule has 3 nitrogen and oxygen atoms in total. The van der Waals surface area contributed by atoms with E-state index >= 15 is 0 Å². The molecule has 68 valence electrons. The molecule has 1 N–H and O–H groups in total. The summed E-state index contributed by atoms with van der Waals surface area (Å²) >= 11 is 0. The predicted molar refractivity (Wildman–Crippen MR) is 49.1 cm³/mol. The van der Waals surface area contributed by atoms with E-state index < -0.39 is 0 Å². The quantitative estimate of drug-likeness (QED) is 0.702. The molecule has 0 aromatic carbocycles. The average molecular weight is 176 g/mol. The Labute approximate surface area is 76.8 Å². The van der Waals surface area contributed by atoms with Crippen molar-refractivity contribution in [1.29, 1.82) is 0 Å². The number of allylic oxidation sites excluding steroid dienone is 1. The van der Waals surface area contributed by atoms with Crippen molar-refractivity contribution in [2.75, 3.05) is 6.54 Å². The van der Waals surface area contributed by atoms with Gasteiger partial charge in [-0.15, -0.1) is 0 Å². The average Bonchev–Trinajstić information content (AvgIpc) is 2.59. The maximum absolute atomic E-state index is 5.23. The van der Waals surface area contributed by atoms with Gasteiger partial charge in [0.15, 0.2) is 5.76 Å². The second-order valence-corrected chi connectivity index (χ2v) is 3.92. The molecule has 0 unspecified atom stereocenters. The van der Waals surface area contributed by atoms with Crippen LogP contribution in [0.5, 0.6) is 0 Å². The molecule has 0 bridgehead atoms. The molecule has 3 heteroatoms. The summed E-state index contributed by atoms with van der Waals surface area (Å²) in [4.78, 5) is 0. The molecule has 1 saturated heterocycles. The number of nitrogens with one attached hydrogen (secondary N) is 1. The highest BCUT2D eigenvalue weighted by atomic mass is 16.5. The normalized spacial score (nSPS) is 31.0. The van der Waals surface area contributed by atoms with Crippen LogP contribution in [0.4, 0.5) is 0 Å². The Morgan fingerprint density at radius 3 is 3.00 bits per heavy atom. The molecular formula is C10H12N2O. The van der Waals surface area contributed by atoms with Gasteiger partial charge < -0.3 is 9.84 Å². The van der Waals surface area contributed by atoms with Gasteiger partial charge in [-0.3, -0.25) is 0 Å². The molecule has 2 heterocycles. The molecular weight excluding hydrogens is 164 g/mol. The van der Waals surface area contributed by atoms with Crippen molar-refractivity contribution in [3.8, 4) is 0 Å². The Morgan fingerprint density at radius 1 is 1.62 bits per heavy atom. The van der Waals surface area contributed by atoms with Crippen LogP contribution in [0.15, 0.2) is 16.7 Å². The first-order valence-corrected chi connectivity index (χ1v) is 4.71. The maximum Gasteiger partial charge on any atom is 0.162 e. The molecule has 1 aromatic rings. The highest BCUT2D eigenvalue weighted by Gasteiger charge is 2.35. The van der Waals surface area contributed by atoms with Crippen LogP contribution in [0.25, 0.3) is 5.57 Å². The number of nitrogens with zero attached hydrogens (tertiary/aromatic N) is 1. The van der Waals surface area contributed by atoms with Crippen LogP contribution in [0.2, 0.25) is 0 Å². The lowest BCUT2D eigenvalue weighted by Crippen LogP contribution is -2.49. The van der Waals surface area contributed by atoms with E-state index in [0.29, 0.717) is 6.04 Å². The van der Waals surface area contributed by atoms with Crippen LogP contribution in [0.3, 0.4) is 0 Å². The SMILES string of the molecule is Cc1cc(C2=C[C@H]3NC[C@H]3C2)on1. The van der Waals surface area contributed by atoms with Crippen LogP contribution in [0.1, 0.15) is 17.9 Å². The first kappa shape index (κ1) is 7.33. The molecule has 0 spiro atoms. The minimum absolute atomic E-state index is 0.598. The monoisotopic (exact) mass is 176 g/mol. The van der Waals surface area contributed by atoms with Gasteiger partial charge in [-0.05, 0) is 24.8 Å². The van der Waals surface area contributed by atoms with Crippen LogP contribution >= 0.6 is 0 Å². The molecule has 2 atom stereocenters. The fourth-order valence-electron chi connectivity index (χ4n) is 2.08. The Morgan fingerprint density at radius 2 is 2.54 bits per heavy atom. The van der Waals surface area contributed by atoms with E-state index in [1.807, 2.05) is 13.0 Å². The van der Waals surface area contributed by atoms with Gasteiger partial charge in [0.25, 0.3) is 0 Å². The van der Waals surface area contributed by atoms with Crippen LogP contribution in [-0.4, -0.2) is 17.7 Å². The summed E-state index contributed by atoms with van der Waals surface area (Å²) in [5.41, 5.74) is 2.28. The van der Waals surface area contributed by atoms with Crippen molar-refractivity contribution in [2.24, 2.45) is 5.92 Å². The summed E-state index contributed by atoms with van der Waals surface area (Å²) < 4.78 is 5.23. The van der Waals surface area contributed by atoms with Gasteiger partial charge in [-0.1, -0.05) is 11.2 Å². The second kappa shape index (κ2) is 2.45. The van der Waals surface area contributed by atoms with Gasteiger partial charge in [-0.2, -0.15) is 0 Å². The number of fused-ring (bicyclic) bond motifs is 1. The van der Waals surface area contributed by atoms with Crippen molar-refractivity contribution < 1.29 is 4.52 Å². The Balaban J connectivity index is 1.90. The minimum atomic E-state index is 0.598. The molecule has 1 aromatic heterocycles. The second-order valence-electron chi connectivity index (χ2n) is 3.92. The highest BCUT2D eigenvalue weighted by Crippen LogP contribution is 2.36. The molecule has 0 saturated carbocycles. The predicted octanol–water partition coefficient (Wildman–Crippen LogP) is 1.36. The van der Waals surface area contributed by atoms with Gasteiger partial charge in [0.05, 0.1) is 5.69 Å². The zero-order valence-corrected chi connectivity index (χ0v) is 7.58. The van der Waals surface area contributed by atoms with Crippen molar-refractivity contribution in [3.05, 3.63) is 23.6 Å². The van der Waals surface area contributed by atoms with Gasteiger partial charge >= 0.3 is 0 Å². The minimum Gasteiger partial charge on any atom is -0.356 e. The smallest absolute Gasteiger partial charge is 0.162 e. The standard InChI is InChI=1S/C10H12N2O/c1-6-2-10(13-12-6)7-3-8-5-11-9(8)4-7/h2,4,8-9,11H,3,5H2,1H3/t8-,9-/m1/s1. The van der Waals surface area contributed by atoms with Gasteiger partial charge in [0.2, 0.25) is 0 Å². The number of aryl methyl sites for hydroxylation is 1. The molecule has 2 aliphatic rings. The van der Waals surface area contributed by atoms with Crippen molar-refractivity contribution in [3.63, 3.8) is 0 Å². The molecule has 13 heavy (non-hydrogen) atoms. The van der Waals surface area contributed by atoms with Gasteiger partial charge in [-0.25, -0.2) is 0 Å². The highest BCUT2D eigenvalue weighted by molar-refractivity contribution is 5.65. The largest absolute Gasteiger partial charge is 0.356 e. The molecule has 1 fully saturated rings. The number of hydrogen-bond acceptors (Lipinski definition) is 3. The lowest BCUT2D eigenvalue weighted by atomic mass is 9.94. The number of aromatic nitrogens is 1. The fourth-order valence-corrected chi connectivity index (χ4v) is 2.08. The summed E-state index contributed by atoms with van der Waals surface area (Å²) in [6.07, 6.45) is 3.42. The van der Waals surface area contributed by atoms with Crippen molar-refractivity contribution >= 4 is 5.57 Å². The topological polar surface area (TPSA) is 38.1 Å². The first-order valence-electron chi connectivity index (χ1n) is 4.71. The Bertz CT molecular complexity index is 367. The molecule has 1 aliphatic heterocycles. The third kappa shape index (κ3) is 1.04. The zero-order valence-electron chi connectivity index (χ0n) is 7.58. The summed E-state index contributed by atoms with van der Waals surface area (Å²) in [7, 11) is 0. The number of hydrogen-bond donors (Lipinski definition) is 1. The Kier molecular flexibility index (Phi) is 1.38. The van der Waals surface area contributed by atoms with E-state index in [1.165, 1.54) is 5.57 Å². The van der Waals surface area contributed by atoms with Gasteiger partial charge in [0.1, 0.15) is 0 Å². The molecule has 0 amide bonds. The number of rotatable bonds is 1. The van der Waals surface area contributed by atoms with E-state index in [2.05, 4.69) is 16.5 Å². The lowest BCUT2D eigenvalue weighted by molar-refractivity contribution is 0.300. The maximum atomic E-state index is 5.23. The van der Waals surface area contributed by atoms with Crippen LogP contribution in [0, 0.1) is 12.8 Å². The van der Waals surface area contributed by atoms with Gasteiger partial charge in [0, 0.05) is 18.7 Å². The van der Waals surface area contributed by atoms with Crippen molar-refractivity contribution in [2.45, 2.75) is 19.4 Å². The van der Waals surface area contributed by atoms with E-state index in [4.69, 9.17) is 4.52 Å². The zero-order chi connectivity index (χ0) is 8.84. The van der Waals surface area contributed by atoms with Crippen LogP contribution in [-0.2, 0) is 0 Å². The van der Waals surface area contributed by atoms with Crippen LogP contribution < -0.4 is 5.32 Å².